The van der Waals surface area contributed by atoms with E-state index in [1.165, 1.54) is 29.2 Å². The van der Waals surface area contributed by atoms with E-state index in [0.717, 1.165) is 0 Å². The summed E-state index contributed by atoms with van der Waals surface area (Å²) in [5.41, 5.74) is 0.583. The molecule has 1 saturated heterocycles. The summed E-state index contributed by atoms with van der Waals surface area (Å²) in [6, 6.07) is 2.84. The van der Waals surface area contributed by atoms with Crippen LogP contribution in [0.15, 0.2) is 41.7 Å². The first-order chi connectivity index (χ1) is 14.0. The third kappa shape index (κ3) is 3.06. The molecule has 0 aromatic carbocycles. The van der Waals surface area contributed by atoms with Crippen LogP contribution in [0.25, 0.3) is 0 Å². The molecule has 2 aromatic rings. The molecule has 0 spiro atoms. The maximum atomic E-state index is 14.5. The first kappa shape index (κ1) is 17.8. The second kappa shape index (κ2) is 6.68. The summed E-state index contributed by atoms with van der Waals surface area (Å²) in [4.78, 5) is 32.4. The minimum absolute atomic E-state index is 0.0113. The fraction of sp³-hybridized carbons (Fsp3) is 0.400. The minimum Gasteiger partial charge on any atom is -0.352 e. The second-order valence-corrected chi connectivity index (χ2v) is 7.96. The molecule has 29 heavy (non-hydrogen) atoms. The molecule has 1 fully saturated rings. The van der Waals surface area contributed by atoms with E-state index in [4.69, 9.17) is 0 Å². The zero-order chi connectivity index (χ0) is 20.1. The van der Waals surface area contributed by atoms with E-state index in [9.17, 15) is 14.0 Å². The van der Waals surface area contributed by atoms with Gasteiger partial charge in [-0.05, 0) is 24.5 Å². The Balaban J connectivity index is 1.76. The largest absolute Gasteiger partial charge is 0.352 e. The third-order valence-corrected chi connectivity index (χ3v) is 5.81. The molecule has 0 radical (unpaired) electrons. The van der Waals surface area contributed by atoms with Crippen molar-refractivity contribution >= 4 is 11.7 Å². The second-order valence-electron chi connectivity index (χ2n) is 7.96. The van der Waals surface area contributed by atoms with Crippen molar-refractivity contribution in [3.05, 3.63) is 64.2 Å². The molecule has 3 aliphatic rings. The number of carbonyl (C=O) groups excluding carboxylic acids is 1. The van der Waals surface area contributed by atoms with Gasteiger partial charge in [0.15, 0.2) is 0 Å². The summed E-state index contributed by atoms with van der Waals surface area (Å²) in [6.45, 7) is 3.18. The standard InChI is InChI=1S/C20H21FN6O2/c1-12-6-23-19(28)13-7-22-18-2-3-27(24-8-13)15-5-17(26(18)11-15)16-4-14(21)10-25(9-12)20(16)29/h2-4,7-8,10,12,15,17H,5-6,9,11H2,1H3,(H,23,28)/t12-,15?,17+/m0/s1. The lowest BCUT2D eigenvalue weighted by molar-refractivity contribution is 0.0946. The summed E-state index contributed by atoms with van der Waals surface area (Å²) >= 11 is 0. The van der Waals surface area contributed by atoms with Crippen molar-refractivity contribution in [2.45, 2.75) is 32.0 Å². The quantitative estimate of drug-likeness (QED) is 0.731. The molecule has 2 aromatic heterocycles. The van der Waals surface area contributed by atoms with Crippen LogP contribution in [0.1, 0.15) is 41.3 Å². The van der Waals surface area contributed by atoms with E-state index in [0.29, 0.717) is 43.0 Å². The van der Waals surface area contributed by atoms with Crippen molar-refractivity contribution in [1.82, 2.24) is 24.6 Å². The van der Waals surface area contributed by atoms with Crippen LogP contribution in [0.2, 0.25) is 0 Å². The van der Waals surface area contributed by atoms with Crippen LogP contribution >= 0.6 is 0 Å². The Labute approximate surface area is 166 Å². The Morgan fingerprint density at radius 1 is 1.24 bits per heavy atom. The van der Waals surface area contributed by atoms with Gasteiger partial charge in [0.05, 0.1) is 23.8 Å². The highest BCUT2D eigenvalue weighted by Crippen LogP contribution is 2.40. The van der Waals surface area contributed by atoms with Crippen LogP contribution in [0.3, 0.4) is 0 Å². The first-order valence-electron chi connectivity index (χ1n) is 9.73. The van der Waals surface area contributed by atoms with Gasteiger partial charge in [0.2, 0.25) is 0 Å². The van der Waals surface area contributed by atoms with Crippen LogP contribution in [-0.4, -0.2) is 38.3 Å². The number of fused-ring (bicyclic) bond motifs is 9. The van der Waals surface area contributed by atoms with Gasteiger partial charge in [-0.1, -0.05) is 6.92 Å². The molecule has 5 heterocycles. The average Bonchev–Trinajstić information content (AvgIpc) is 3.07. The van der Waals surface area contributed by atoms with Crippen LogP contribution in [0.4, 0.5) is 10.2 Å². The molecule has 3 aliphatic heterocycles. The van der Waals surface area contributed by atoms with E-state index >= 15 is 0 Å². The van der Waals surface area contributed by atoms with E-state index in [-0.39, 0.29) is 29.5 Å². The van der Waals surface area contributed by atoms with Gasteiger partial charge in [-0.2, -0.15) is 5.10 Å². The van der Waals surface area contributed by atoms with E-state index < -0.39 is 5.82 Å². The van der Waals surface area contributed by atoms with Crippen LogP contribution in [-0.2, 0) is 6.54 Å². The highest BCUT2D eigenvalue weighted by atomic mass is 19.1. The molecule has 5 rings (SSSR count). The first-order valence-corrected chi connectivity index (χ1v) is 9.73. The van der Waals surface area contributed by atoms with Crippen molar-refractivity contribution in [2.24, 2.45) is 5.92 Å². The van der Waals surface area contributed by atoms with Gasteiger partial charge in [0.1, 0.15) is 11.6 Å². The molecule has 3 atom stereocenters. The molecule has 0 saturated carbocycles. The number of aromatic nitrogens is 4. The predicted molar refractivity (Wildman–Crippen MR) is 104 cm³/mol. The average molecular weight is 396 g/mol. The van der Waals surface area contributed by atoms with E-state index in [1.54, 1.807) is 4.68 Å². The Hall–Kier alpha value is -3.23. The van der Waals surface area contributed by atoms with Gasteiger partial charge in [-0.3, -0.25) is 14.3 Å². The summed E-state index contributed by atoms with van der Waals surface area (Å²) in [5.74, 6) is -0.164. The molecule has 7 bridgehead atoms. The van der Waals surface area contributed by atoms with Gasteiger partial charge < -0.3 is 14.8 Å². The topological polar surface area (TPSA) is 85.0 Å². The van der Waals surface area contributed by atoms with Crippen molar-refractivity contribution in [2.75, 3.05) is 18.0 Å². The lowest BCUT2D eigenvalue weighted by Gasteiger charge is -2.25. The number of halogens is 1. The normalized spacial score (nSPS) is 24.4. The number of nitrogens with one attached hydrogen (secondary N) is 1. The van der Waals surface area contributed by atoms with Crippen LogP contribution < -0.4 is 15.8 Å². The lowest BCUT2D eigenvalue weighted by atomic mass is 10.0. The van der Waals surface area contributed by atoms with Gasteiger partial charge in [-0.25, -0.2) is 9.37 Å². The third-order valence-electron chi connectivity index (χ3n) is 5.81. The maximum absolute atomic E-state index is 14.5. The molecular formula is C20H21FN6O2. The fourth-order valence-corrected chi connectivity index (χ4v) is 4.34. The number of hydrogen-bond acceptors (Lipinski definition) is 5. The van der Waals surface area contributed by atoms with Gasteiger partial charge in [0.25, 0.3) is 11.5 Å². The Morgan fingerprint density at radius 2 is 2.10 bits per heavy atom. The number of carbonyl (C=O) groups is 1. The highest BCUT2D eigenvalue weighted by molar-refractivity contribution is 5.93. The number of pyridine rings is 1. The number of amides is 1. The summed E-state index contributed by atoms with van der Waals surface area (Å²) < 4.78 is 17.7. The molecule has 1 N–H and O–H groups in total. The van der Waals surface area contributed by atoms with Crippen LogP contribution in [0.5, 0.6) is 0 Å². The Kier molecular flexibility index (Phi) is 4.11. The lowest BCUT2D eigenvalue weighted by Crippen LogP contribution is -2.35. The van der Waals surface area contributed by atoms with Gasteiger partial charge in [-0.15, -0.1) is 0 Å². The van der Waals surface area contributed by atoms with E-state index in [1.807, 2.05) is 24.1 Å². The summed E-state index contributed by atoms with van der Waals surface area (Å²) in [5, 5.41) is 7.34. The minimum atomic E-state index is -0.446. The Bertz CT molecular complexity index is 1110. The SMILES string of the molecule is C[C@H]1CNC(=O)c2cnc3ccn(nc2)C2C[C@H](c4cc(F)cn(c4=O)C1)N3C2. The molecular weight excluding hydrogens is 375 g/mol. The Morgan fingerprint density at radius 3 is 2.97 bits per heavy atom. The number of rotatable bonds is 0. The molecule has 1 unspecified atom stereocenters. The van der Waals surface area contributed by atoms with E-state index in [2.05, 4.69) is 15.4 Å². The summed E-state index contributed by atoms with van der Waals surface area (Å²) in [7, 11) is 0. The molecule has 1 amide bonds. The number of nitrogens with zero attached hydrogens (tertiary/aromatic N) is 5. The van der Waals surface area contributed by atoms with Gasteiger partial charge >= 0.3 is 0 Å². The van der Waals surface area contributed by atoms with Crippen LogP contribution in [0, 0.1) is 11.7 Å². The zero-order valence-electron chi connectivity index (χ0n) is 16.0. The molecule has 9 heteroatoms. The molecule has 8 nitrogen and oxygen atoms in total. The number of hydrogen-bond donors (Lipinski definition) is 1. The number of anilines is 1. The van der Waals surface area contributed by atoms with Gasteiger partial charge in [0, 0.05) is 43.8 Å². The fourth-order valence-electron chi connectivity index (χ4n) is 4.34. The maximum Gasteiger partial charge on any atom is 0.256 e. The van der Waals surface area contributed by atoms with Crippen molar-refractivity contribution in [3.8, 4) is 0 Å². The summed E-state index contributed by atoms with van der Waals surface area (Å²) in [6.07, 6.45) is 6.70. The highest BCUT2D eigenvalue weighted by Gasteiger charge is 2.38. The predicted octanol–water partition coefficient (Wildman–Crippen LogP) is 1.59. The van der Waals surface area contributed by atoms with Crippen molar-refractivity contribution in [3.63, 3.8) is 0 Å². The smallest absolute Gasteiger partial charge is 0.256 e. The molecule has 0 aliphatic carbocycles. The molecule has 150 valence electrons. The van der Waals surface area contributed by atoms with Crippen molar-refractivity contribution < 1.29 is 9.18 Å². The van der Waals surface area contributed by atoms with Crippen molar-refractivity contribution in [1.29, 1.82) is 0 Å². The zero-order valence-corrected chi connectivity index (χ0v) is 16.0. The monoisotopic (exact) mass is 396 g/mol.